The molecule has 0 fully saturated rings. The third-order valence-electron chi connectivity index (χ3n) is 1.92. The van der Waals surface area contributed by atoms with E-state index in [2.05, 4.69) is 33.6 Å². The van der Waals surface area contributed by atoms with Crippen LogP contribution in [-0.2, 0) is 0 Å². The average molecular weight is 234 g/mol. The standard InChI is InChI=1S/C8H12BrNS/c1-5(6(2)10)7-3-11-4-8(7)9/h3-6H,10H2,1-2H3. The van der Waals surface area contributed by atoms with E-state index in [-0.39, 0.29) is 6.04 Å². The first-order valence-corrected chi connectivity index (χ1v) is 5.33. The van der Waals surface area contributed by atoms with Crippen molar-refractivity contribution in [2.24, 2.45) is 5.73 Å². The number of hydrogen-bond donors (Lipinski definition) is 1. The molecular formula is C8H12BrNS. The fourth-order valence-electron chi connectivity index (χ4n) is 0.899. The molecule has 1 aromatic rings. The van der Waals surface area contributed by atoms with Gasteiger partial charge in [-0.3, -0.25) is 0 Å². The minimum atomic E-state index is 0.223. The van der Waals surface area contributed by atoms with Crippen molar-refractivity contribution < 1.29 is 0 Å². The molecule has 2 N–H and O–H groups in total. The van der Waals surface area contributed by atoms with Crippen LogP contribution in [0, 0.1) is 0 Å². The van der Waals surface area contributed by atoms with Crippen LogP contribution in [0.5, 0.6) is 0 Å². The molecule has 0 spiro atoms. The SMILES string of the molecule is CC(N)C(C)c1cscc1Br. The Morgan fingerprint density at radius 1 is 1.45 bits per heavy atom. The molecular weight excluding hydrogens is 222 g/mol. The maximum atomic E-state index is 5.78. The summed E-state index contributed by atoms with van der Waals surface area (Å²) in [6.07, 6.45) is 0. The van der Waals surface area contributed by atoms with E-state index in [0.717, 1.165) is 0 Å². The van der Waals surface area contributed by atoms with E-state index in [9.17, 15) is 0 Å². The van der Waals surface area contributed by atoms with Gasteiger partial charge in [0.2, 0.25) is 0 Å². The van der Waals surface area contributed by atoms with Crippen molar-refractivity contribution in [3.63, 3.8) is 0 Å². The summed E-state index contributed by atoms with van der Waals surface area (Å²) in [5.74, 6) is 0.440. The molecule has 2 atom stereocenters. The van der Waals surface area contributed by atoms with Gasteiger partial charge < -0.3 is 5.73 Å². The summed E-state index contributed by atoms with van der Waals surface area (Å²) in [5, 5.41) is 4.24. The van der Waals surface area contributed by atoms with Crippen LogP contribution < -0.4 is 5.73 Å². The maximum absolute atomic E-state index is 5.78. The Kier molecular flexibility index (Phi) is 3.10. The van der Waals surface area contributed by atoms with Crippen LogP contribution in [-0.4, -0.2) is 6.04 Å². The van der Waals surface area contributed by atoms with Crippen LogP contribution in [0.3, 0.4) is 0 Å². The highest BCUT2D eigenvalue weighted by molar-refractivity contribution is 9.10. The molecule has 0 aliphatic heterocycles. The second-order valence-corrected chi connectivity index (χ2v) is 4.42. The molecule has 2 unspecified atom stereocenters. The predicted molar refractivity (Wildman–Crippen MR) is 54.1 cm³/mol. The van der Waals surface area contributed by atoms with Crippen molar-refractivity contribution in [1.29, 1.82) is 0 Å². The number of rotatable bonds is 2. The van der Waals surface area contributed by atoms with Gasteiger partial charge in [-0.25, -0.2) is 0 Å². The van der Waals surface area contributed by atoms with Gasteiger partial charge in [-0.1, -0.05) is 6.92 Å². The van der Waals surface area contributed by atoms with Crippen LogP contribution in [0.4, 0.5) is 0 Å². The molecule has 3 heteroatoms. The zero-order valence-corrected chi connectivity index (χ0v) is 9.08. The molecule has 0 bridgehead atoms. The highest BCUT2D eigenvalue weighted by Crippen LogP contribution is 2.29. The highest BCUT2D eigenvalue weighted by Gasteiger charge is 2.13. The Hall–Kier alpha value is 0.140. The Labute approximate surface area is 79.7 Å². The molecule has 1 nitrogen and oxygen atoms in total. The molecule has 0 aliphatic rings. The highest BCUT2D eigenvalue weighted by atomic mass is 79.9. The Morgan fingerprint density at radius 3 is 2.45 bits per heavy atom. The molecule has 0 saturated carbocycles. The first-order chi connectivity index (χ1) is 5.13. The molecule has 1 heterocycles. The van der Waals surface area contributed by atoms with E-state index in [1.807, 2.05) is 6.92 Å². The lowest BCUT2D eigenvalue weighted by Crippen LogP contribution is -2.22. The topological polar surface area (TPSA) is 26.0 Å². The van der Waals surface area contributed by atoms with Crippen molar-refractivity contribution in [3.05, 3.63) is 20.8 Å². The van der Waals surface area contributed by atoms with Gasteiger partial charge in [-0.2, -0.15) is 11.3 Å². The van der Waals surface area contributed by atoms with Crippen LogP contribution in [0.1, 0.15) is 25.3 Å². The molecule has 0 amide bonds. The lowest BCUT2D eigenvalue weighted by molar-refractivity contribution is 0.613. The lowest BCUT2D eigenvalue weighted by Gasteiger charge is -2.14. The van der Waals surface area contributed by atoms with Gasteiger partial charge in [0.25, 0.3) is 0 Å². The van der Waals surface area contributed by atoms with Crippen LogP contribution in [0.15, 0.2) is 15.2 Å². The summed E-state index contributed by atoms with van der Waals surface area (Å²) in [7, 11) is 0. The van der Waals surface area contributed by atoms with Gasteiger partial charge in [-0.05, 0) is 39.7 Å². The molecule has 1 rings (SSSR count). The van der Waals surface area contributed by atoms with Gasteiger partial charge in [0, 0.05) is 15.9 Å². The largest absolute Gasteiger partial charge is 0.327 e. The van der Waals surface area contributed by atoms with Crippen molar-refractivity contribution in [2.45, 2.75) is 25.8 Å². The normalized spacial score (nSPS) is 16.4. The van der Waals surface area contributed by atoms with Crippen LogP contribution in [0.2, 0.25) is 0 Å². The Balaban J connectivity index is 2.84. The summed E-state index contributed by atoms with van der Waals surface area (Å²) in [6.45, 7) is 4.19. The third-order valence-corrected chi connectivity index (χ3v) is 3.67. The smallest absolute Gasteiger partial charge is 0.0317 e. The number of nitrogens with two attached hydrogens (primary N) is 1. The number of thiophene rings is 1. The Bertz CT molecular complexity index is 232. The lowest BCUT2D eigenvalue weighted by atomic mass is 9.98. The van der Waals surface area contributed by atoms with E-state index in [4.69, 9.17) is 5.73 Å². The van der Waals surface area contributed by atoms with Crippen molar-refractivity contribution in [2.75, 3.05) is 0 Å². The average Bonchev–Trinajstić information content (AvgIpc) is 2.33. The maximum Gasteiger partial charge on any atom is 0.0317 e. The van der Waals surface area contributed by atoms with Gasteiger partial charge in [0.05, 0.1) is 0 Å². The van der Waals surface area contributed by atoms with Crippen molar-refractivity contribution >= 4 is 27.3 Å². The summed E-state index contributed by atoms with van der Waals surface area (Å²) in [4.78, 5) is 0. The van der Waals surface area contributed by atoms with Gasteiger partial charge in [0.1, 0.15) is 0 Å². The summed E-state index contributed by atoms with van der Waals surface area (Å²) in [5.41, 5.74) is 7.10. The van der Waals surface area contributed by atoms with E-state index < -0.39 is 0 Å². The zero-order chi connectivity index (χ0) is 8.43. The summed E-state index contributed by atoms with van der Waals surface area (Å²) < 4.78 is 1.19. The molecule has 62 valence electrons. The van der Waals surface area contributed by atoms with Gasteiger partial charge in [0.15, 0.2) is 0 Å². The van der Waals surface area contributed by atoms with Crippen LogP contribution in [0.25, 0.3) is 0 Å². The van der Waals surface area contributed by atoms with E-state index in [1.165, 1.54) is 10.0 Å². The van der Waals surface area contributed by atoms with E-state index in [0.29, 0.717) is 5.92 Å². The molecule has 0 aliphatic carbocycles. The molecule has 0 radical (unpaired) electrons. The predicted octanol–water partition coefficient (Wildman–Crippen LogP) is 2.96. The van der Waals surface area contributed by atoms with Crippen molar-refractivity contribution in [1.82, 2.24) is 0 Å². The molecule has 11 heavy (non-hydrogen) atoms. The molecule has 0 aromatic carbocycles. The van der Waals surface area contributed by atoms with Gasteiger partial charge >= 0.3 is 0 Å². The minimum absolute atomic E-state index is 0.223. The monoisotopic (exact) mass is 233 g/mol. The number of hydrogen-bond acceptors (Lipinski definition) is 2. The van der Waals surface area contributed by atoms with E-state index in [1.54, 1.807) is 11.3 Å². The second kappa shape index (κ2) is 3.70. The van der Waals surface area contributed by atoms with Crippen molar-refractivity contribution in [3.8, 4) is 0 Å². The zero-order valence-electron chi connectivity index (χ0n) is 6.67. The first kappa shape index (κ1) is 9.23. The van der Waals surface area contributed by atoms with Crippen LogP contribution >= 0.6 is 27.3 Å². The molecule has 1 aromatic heterocycles. The molecule has 0 saturated heterocycles. The van der Waals surface area contributed by atoms with E-state index >= 15 is 0 Å². The fourth-order valence-corrected chi connectivity index (χ4v) is 2.66. The first-order valence-electron chi connectivity index (χ1n) is 3.60. The Morgan fingerprint density at radius 2 is 2.09 bits per heavy atom. The third kappa shape index (κ3) is 2.04. The van der Waals surface area contributed by atoms with Gasteiger partial charge in [-0.15, -0.1) is 0 Å². The summed E-state index contributed by atoms with van der Waals surface area (Å²) >= 11 is 5.20. The summed E-state index contributed by atoms with van der Waals surface area (Å²) in [6, 6.07) is 0.223. The second-order valence-electron chi connectivity index (χ2n) is 2.82. The minimum Gasteiger partial charge on any atom is -0.327 e. The quantitative estimate of drug-likeness (QED) is 0.836. The fraction of sp³-hybridized carbons (Fsp3) is 0.500. The number of halogens is 1.